The predicted molar refractivity (Wildman–Crippen MR) is 69.5 cm³/mol. The first-order valence-electron chi connectivity index (χ1n) is 5.76. The number of amides is 2. The van der Waals surface area contributed by atoms with Gasteiger partial charge in [-0.05, 0) is 18.1 Å². The van der Waals surface area contributed by atoms with Crippen LogP contribution < -0.4 is 0 Å². The van der Waals surface area contributed by atoms with E-state index in [-0.39, 0.29) is 17.7 Å². The van der Waals surface area contributed by atoms with Gasteiger partial charge in [-0.1, -0.05) is 36.9 Å². The topological polar surface area (TPSA) is 61.2 Å². The SMILES string of the molecule is C=C1C(=O)N(Cc2ccccc2)C(=O)C(C#N)=C1C. The summed E-state index contributed by atoms with van der Waals surface area (Å²) in [5.74, 6) is -0.994. The van der Waals surface area contributed by atoms with Crippen LogP contribution in [0.25, 0.3) is 0 Å². The smallest absolute Gasteiger partial charge is 0.269 e. The van der Waals surface area contributed by atoms with Crippen LogP contribution in [0.4, 0.5) is 0 Å². The molecule has 2 rings (SSSR count). The average molecular weight is 252 g/mol. The fourth-order valence-electron chi connectivity index (χ4n) is 1.90. The lowest BCUT2D eigenvalue weighted by molar-refractivity contribution is -0.141. The van der Waals surface area contributed by atoms with Gasteiger partial charge >= 0.3 is 0 Å². The lowest BCUT2D eigenvalue weighted by atomic mass is 9.96. The average Bonchev–Trinajstić information content (AvgIpc) is 2.43. The Morgan fingerprint density at radius 3 is 2.42 bits per heavy atom. The van der Waals surface area contributed by atoms with E-state index in [1.165, 1.54) is 0 Å². The van der Waals surface area contributed by atoms with Gasteiger partial charge in [0, 0.05) is 5.57 Å². The van der Waals surface area contributed by atoms with E-state index in [0.717, 1.165) is 10.5 Å². The maximum absolute atomic E-state index is 12.1. The van der Waals surface area contributed by atoms with E-state index in [1.54, 1.807) is 6.92 Å². The third-order valence-electron chi connectivity index (χ3n) is 3.09. The van der Waals surface area contributed by atoms with Gasteiger partial charge in [-0.3, -0.25) is 14.5 Å². The number of imide groups is 1. The molecule has 0 unspecified atom stereocenters. The summed E-state index contributed by atoms with van der Waals surface area (Å²) in [6.07, 6.45) is 0. The molecule has 0 saturated carbocycles. The fraction of sp³-hybridized carbons (Fsp3) is 0.133. The second kappa shape index (κ2) is 4.91. The van der Waals surface area contributed by atoms with Gasteiger partial charge < -0.3 is 0 Å². The van der Waals surface area contributed by atoms with Crippen LogP contribution in [-0.2, 0) is 16.1 Å². The molecule has 0 radical (unpaired) electrons. The van der Waals surface area contributed by atoms with Crippen molar-refractivity contribution in [3.63, 3.8) is 0 Å². The maximum atomic E-state index is 12.1. The van der Waals surface area contributed by atoms with Gasteiger partial charge in [-0.25, -0.2) is 0 Å². The molecule has 2 amide bonds. The maximum Gasteiger partial charge on any atom is 0.271 e. The van der Waals surface area contributed by atoms with Crippen LogP contribution in [0.15, 0.2) is 53.6 Å². The van der Waals surface area contributed by atoms with E-state index in [4.69, 9.17) is 5.26 Å². The molecule has 94 valence electrons. The first kappa shape index (κ1) is 12.8. The quantitative estimate of drug-likeness (QED) is 0.597. The van der Waals surface area contributed by atoms with Crippen molar-refractivity contribution in [2.75, 3.05) is 0 Å². The minimum Gasteiger partial charge on any atom is -0.269 e. The number of hydrogen-bond donors (Lipinski definition) is 0. The predicted octanol–water partition coefficient (Wildman–Crippen LogP) is 1.95. The zero-order chi connectivity index (χ0) is 14.0. The molecule has 0 fully saturated rings. The molecule has 4 heteroatoms. The Labute approximate surface area is 111 Å². The van der Waals surface area contributed by atoms with Crippen molar-refractivity contribution in [1.82, 2.24) is 4.90 Å². The zero-order valence-electron chi connectivity index (χ0n) is 10.5. The highest BCUT2D eigenvalue weighted by Gasteiger charge is 2.34. The van der Waals surface area contributed by atoms with Crippen molar-refractivity contribution in [2.45, 2.75) is 13.5 Å². The number of carbonyl (C=O) groups excluding carboxylic acids is 2. The standard InChI is InChI=1S/C15H12N2O2/c1-10-11(2)14(18)17(15(19)13(10)8-16)9-12-6-4-3-5-7-12/h3-7H,2,9H2,1H3. The van der Waals surface area contributed by atoms with Crippen LogP contribution in [0.1, 0.15) is 12.5 Å². The first-order valence-corrected chi connectivity index (χ1v) is 5.76. The van der Waals surface area contributed by atoms with Crippen LogP contribution in [0, 0.1) is 11.3 Å². The largest absolute Gasteiger partial charge is 0.271 e. The molecule has 19 heavy (non-hydrogen) atoms. The Bertz CT molecular complexity index is 636. The van der Waals surface area contributed by atoms with E-state index >= 15 is 0 Å². The highest BCUT2D eigenvalue weighted by molar-refractivity contribution is 6.17. The van der Waals surface area contributed by atoms with Crippen molar-refractivity contribution >= 4 is 11.8 Å². The molecule has 0 atom stereocenters. The lowest BCUT2D eigenvalue weighted by Crippen LogP contribution is -2.41. The summed E-state index contributed by atoms with van der Waals surface area (Å²) in [5.41, 5.74) is 1.38. The minimum atomic E-state index is -0.554. The van der Waals surface area contributed by atoms with Gasteiger partial charge in [0.2, 0.25) is 0 Å². The molecular weight excluding hydrogens is 240 g/mol. The summed E-state index contributed by atoms with van der Waals surface area (Å²) < 4.78 is 0. The Morgan fingerprint density at radius 1 is 1.21 bits per heavy atom. The Kier molecular flexibility index (Phi) is 3.30. The van der Waals surface area contributed by atoms with Crippen LogP contribution >= 0.6 is 0 Å². The van der Waals surface area contributed by atoms with Crippen LogP contribution in [0.2, 0.25) is 0 Å². The van der Waals surface area contributed by atoms with Crippen molar-refractivity contribution < 1.29 is 9.59 Å². The summed E-state index contributed by atoms with van der Waals surface area (Å²) in [5, 5.41) is 9.01. The van der Waals surface area contributed by atoms with E-state index in [1.807, 2.05) is 36.4 Å². The summed E-state index contributed by atoms with van der Waals surface area (Å²) in [4.78, 5) is 25.2. The normalized spacial score (nSPS) is 15.8. The molecule has 1 aromatic rings. The van der Waals surface area contributed by atoms with E-state index < -0.39 is 11.8 Å². The highest BCUT2D eigenvalue weighted by Crippen LogP contribution is 2.24. The first-order chi connectivity index (χ1) is 9.06. The molecule has 1 aromatic carbocycles. The Hall–Kier alpha value is -2.67. The van der Waals surface area contributed by atoms with E-state index in [9.17, 15) is 9.59 Å². The summed E-state index contributed by atoms with van der Waals surface area (Å²) in [6.45, 7) is 5.36. The summed E-state index contributed by atoms with van der Waals surface area (Å²) in [6, 6.07) is 11.0. The molecule has 0 aromatic heterocycles. The van der Waals surface area contributed by atoms with E-state index in [0.29, 0.717) is 5.57 Å². The molecule has 4 nitrogen and oxygen atoms in total. The van der Waals surface area contributed by atoms with Crippen LogP contribution in [-0.4, -0.2) is 16.7 Å². The van der Waals surface area contributed by atoms with Gasteiger partial charge in [-0.2, -0.15) is 5.26 Å². The fourth-order valence-corrected chi connectivity index (χ4v) is 1.90. The zero-order valence-corrected chi connectivity index (χ0v) is 10.5. The number of hydrogen-bond acceptors (Lipinski definition) is 3. The number of nitrogens with zero attached hydrogens (tertiary/aromatic N) is 2. The monoisotopic (exact) mass is 252 g/mol. The molecular formula is C15H12N2O2. The van der Waals surface area contributed by atoms with Crippen LogP contribution in [0.3, 0.4) is 0 Å². The molecule has 1 aliphatic heterocycles. The molecule has 1 heterocycles. The minimum absolute atomic E-state index is 0.0134. The second-order valence-electron chi connectivity index (χ2n) is 4.27. The van der Waals surface area contributed by atoms with Gasteiger partial charge in [0.15, 0.2) is 0 Å². The molecule has 0 N–H and O–H groups in total. The number of carbonyl (C=O) groups is 2. The summed E-state index contributed by atoms with van der Waals surface area (Å²) >= 11 is 0. The Morgan fingerprint density at radius 2 is 1.84 bits per heavy atom. The second-order valence-corrected chi connectivity index (χ2v) is 4.27. The van der Waals surface area contributed by atoms with Gasteiger partial charge in [0.25, 0.3) is 11.8 Å². The van der Waals surface area contributed by atoms with Gasteiger partial charge in [0.1, 0.15) is 11.6 Å². The third kappa shape index (κ3) is 2.18. The molecule has 0 saturated heterocycles. The highest BCUT2D eigenvalue weighted by atomic mass is 16.2. The van der Waals surface area contributed by atoms with E-state index in [2.05, 4.69) is 6.58 Å². The van der Waals surface area contributed by atoms with Crippen molar-refractivity contribution in [3.05, 3.63) is 59.2 Å². The van der Waals surface area contributed by atoms with Crippen molar-refractivity contribution in [3.8, 4) is 6.07 Å². The molecule has 0 spiro atoms. The Balaban J connectivity index is 2.38. The van der Waals surface area contributed by atoms with Gasteiger partial charge in [0.05, 0.1) is 6.54 Å². The number of nitriles is 1. The molecule has 1 aliphatic rings. The number of benzene rings is 1. The molecule has 0 aliphatic carbocycles. The number of rotatable bonds is 2. The summed E-state index contributed by atoms with van der Waals surface area (Å²) in [7, 11) is 0. The lowest BCUT2D eigenvalue weighted by Gasteiger charge is -2.26. The van der Waals surface area contributed by atoms with Gasteiger partial charge in [-0.15, -0.1) is 0 Å². The third-order valence-corrected chi connectivity index (χ3v) is 3.09. The van der Waals surface area contributed by atoms with Crippen molar-refractivity contribution in [1.29, 1.82) is 5.26 Å². The van der Waals surface area contributed by atoms with Crippen LogP contribution in [0.5, 0.6) is 0 Å². The molecule has 0 bridgehead atoms. The van der Waals surface area contributed by atoms with Crippen molar-refractivity contribution in [2.24, 2.45) is 0 Å².